The van der Waals surface area contributed by atoms with Crippen LogP contribution in [-0.4, -0.2) is 5.78 Å². The van der Waals surface area contributed by atoms with Gasteiger partial charge in [-0.1, -0.05) is 72.3 Å². The highest BCUT2D eigenvalue weighted by atomic mass is 16.1. The lowest BCUT2D eigenvalue weighted by molar-refractivity contribution is -0.116. The van der Waals surface area contributed by atoms with Crippen LogP contribution in [0.4, 0.5) is 11.4 Å². The molecule has 0 radical (unpaired) electrons. The summed E-state index contributed by atoms with van der Waals surface area (Å²) in [6, 6.07) is 26.9. The Morgan fingerprint density at radius 3 is 2.31 bits per heavy atom. The van der Waals surface area contributed by atoms with Gasteiger partial charge in [-0.15, -0.1) is 0 Å². The van der Waals surface area contributed by atoms with Crippen molar-refractivity contribution in [1.82, 2.24) is 0 Å². The van der Waals surface area contributed by atoms with Crippen molar-refractivity contribution in [2.45, 2.75) is 31.7 Å². The highest BCUT2D eigenvalue weighted by Crippen LogP contribution is 2.44. The van der Waals surface area contributed by atoms with Gasteiger partial charge in [0.2, 0.25) is 0 Å². The number of rotatable bonds is 2. The second-order valence-corrected chi connectivity index (χ2v) is 7.99. The zero-order valence-corrected chi connectivity index (χ0v) is 16.5. The maximum absolute atomic E-state index is 13.4. The molecule has 3 aromatic rings. The summed E-state index contributed by atoms with van der Waals surface area (Å²) in [5, 5.41) is 7.25. The van der Waals surface area contributed by atoms with E-state index in [9.17, 15) is 4.79 Å². The number of allylic oxidation sites excluding steroid dienone is 1. The number of carbonyl (C=O) groups excluding carboxylic acids is 1. The summed E-state index contributed by atoms with van der Waals surface area (Å²) in [7, 11) is 0. The molecule has 1 aliphatic heterocycles. The van der Waals surface area contributed by atoms with E-state index in [1.54, 1.807) is 0 Å². The summed E-state index contributed by atoms with van der Waals surface area (Å²) in [5.74, 6) is 0.429. The molecule has 0 spiro atoms. The Morgan fingerprint density at radius 2 is 1.52 bits per heavy atom. The van der Waals surface area contributed by atoms with Gasteiger partial charge in [0.15, 0.2) is 5.78 Å². The van der Waals surface area contributed by atoms with Crippen molar-refractivity contribution in [3.63, 3.8) is 0 Å². The molecule has 2 N–H and O–H groups in total. The van der Waals surface area contributed by atoms with Gasteiger partial charge >= 0.3 is 0 Å². The van der Waals surface area contributed by atoms with E-state index in [1.165, 1.54) is 11.1 Å². The van der Waals surface area contributed by atoms with Crippen LogP contribution in [0, 0.1) is 6.92 Å². The first-order valence-corrected chi connectivity index (χ1v) is 10.2. The minimum absolute atomic E-state index is 0.148. The van der Waals surface area contributed by atoms with E-state index < -0.39 is 0 Å². The van der Waals surface area contributed by atoms with Gasteiger partial charge < -0.3 is 10.6 Å². The van der Waals surface area contributed by atoms with Crippen molar-refractivity contribution in [3.05, 3.63) is 107 Å². The zero-order chi connectivity index (χ0) is 19.8. The fraction of sp³-hybridized carbons (Fsp3) is 0.192. The molecule has 3 aromatic carbocycles. The Kier molecular flexibility index (Phi) is 4.44. The third-order valence-corrected chi connectivity index (χ3v) is 5.96. The van der Waals surface area contributed by atoms with Crippen molar-refractivity contribution < 1.29 is 4.79 Å². The number of ketones is 1. The van der Waals surface area contributed by atoms with Crippen LogP contribution in [0.3, 0.4) is 0 Å². The molecule has 0 saturated carbocycles. The van der Waals surface area contributed by atoms with Crippen molar-refractivity contribution in [2.75, 3.05) is 10.6 Å². The first-order valence-electron chi connectivity index (χ1n) is 10.2. The third-order valence-electron chi connectivity index (χ3n) is 5.96. The molecule has 0 bridgehead atoms. The summed E-state index contributed by atoms with van der Waals surface area (Å²) < 4.78 is 0. The third kappa shape index (κ3) is 3.33. The molecule has 29 heavy (non-hydrogen) atoms. The molecule has 0 aromatic heterocycles. The number of fused-ring (bicyclic) bond motifs is 1. The maximum atomic E-state index is 13.4. The van der Waals surface area contributed by atoms with E-state index in [1.807, 2.05) is 18.2 Å². The summed E-state index contributed by atoms with van der Waals surface area (Å²) in [5.41, 5.74) is 7.52. The molecule has 3 heteroatoms. The number of carbonyl (C=O) groups is 1. The molecule has 144 valence electrons. The molecule has 0 amide bonds. The molecule has 2 atom stereocenters. The minimum atomic E-state index is -0.148. The van der Waals surface area contributed by atoms with Crippen molar-refractivity contribution in [3.8, 4) is 0 Å². The number of Topliss-reactive ketones (excluding diaryl/α,β-unsaturated/α-hetero) is 1. The average Bonchev–Trinajstić information content (AvgIpc) is 2.91. The number of aryl methyl sites for hydroxylation is 1. The number of para-hydroxylation sites is 2. The van der Waals surface area contributed by atoms with Gasteiger partial charge in [-0.2, -0.15) is 0 Å². The van der Waals surface area contributed by atoms with E-state index in [0.29, 0.717) is 6.42 Å². The minimum Gasteiger partial charge on any atom is -0.372 e. The maximum Gasteiger partial charge on any atom is 0.163 e. The van der Waals surface area contributed by atoms with E-state index >= 15 is 0 Å². The second-order valence-electron chi connectivity index (χ2n) is 7.99. The van der Waals surface area contributed by atoms with Crippen LogP contribution >= 0.6 is 0 Å². The quantitative estimate of drug-likeness (QED) is 0.575. The van der Waals surface area contributed by atoms with Crippen LogP contribution in [0.25, 0.3) is 0 Å². The Labute approximate surface area is 171 Å². The van der Waals surface area contributed by atoms with Crippen molar-refractivity contribution in [1.29, 1.82) is 0 Å². The number of benzene rings is 3. The molecular formula is C26H24N2O. The monoisotopic (exact) mass is 380 g/mol. The van der Waals surface area contributed by atoms with E-state index in [2.05, 4.69) is 78.2 Å². The lowest BCUT2D eigenvalue weighted by Gasteiger charge is -2.30. The molecule has 1 aliphatic carbocycles. The van der Waals surface area contributed by atoms with Gasteiger partial charge in [0.25, 0.3) is 0 Å². The SMILES string of the molecule is Cc1cccc([C@H]2Nc3ccccc3NC3=C2C(=O)C[C@@H](c2ccccc2)C3)c1. The highest BCUT2D eigenvalue weighted by Gasteiger charge is 2.35. The predicted molar refractivity (Wildman–Crippen MR) is 118 cm³/mol. The van der Waals surface area contributed by atoms with Crippen LogP contribution in [-0.2, 0) is 4.79 Å². The van der Waals surface area contributed by atoms with Crippen LogP contribution in [0.2, 0.25) is 0 Å². The molecule has 2 aliphatic rings. The summed E-state index contributed by atoms with van der Waals surface area (Å²) in [6.45, 7) is 2.09. The average molecular weight is 380 g/mol. The van der Waals surface area contributed by atoms with E-state index in [0.717, 1.165) is 34.6 Å². The summed E-state index contributed by atoms with van der Waals surface area (Å²) >= 11 is 0. The standard InChI is InChI=1S/C26H24N2O/c1-17-8-7-11-19(14-17)26-25-23(27-21-12-5-6-13-22(21)28-26)15-20(16-24(25)29)18-9-3-2-4-10-18/h2-14,20,26-28H,15-16H2,1H3/t20-,26+/m0/s1. The largest absolute Gasteiger partial charge is 0.372 e. The molecule has 1 heterocycles. The van der Waals surface area contributed by atoms with E-state index in [4.69, 9.17) is 0 Å². The molecular weight excluding hydrogens is 356 g/mol. The van der Waals surface area contributed by atoms with Gasteiger partial charge in [0, 0.05) is 17.7 Å². The Morgan fingerprint density at radius 1 is 0.793 bits per heavy atom. The molecule has 0 unspecified atom stereocenters. The molecule has 0 saturated heterocycles. The fourth-order valence-corrected chi connectivity index (χ4v) is 4.55. The second kappa shape index (κ2) is 7.25. The summed E-state index contributed by atoms with van der Waals surface area (Å²) in [6.07, 6.45) is 1.38. The number of anilines is 2. The van der Waals surface area contributed by atoms with E-state index in [-0.39, 0.29) is 17.7 Å². The first kappa shape index (κ1) is 17.7. The number of hydrogen-bond acceptors (Lipinski definition) is 3. The normalized spacial score (nSPS) is 20.8. The predicted octanol–water partition coefficient (Wildman–Crippen LogP) is 5.97. The number of nitrogens with one attached hydrogen (secondary N) is 2. The van der Waals surface area contributed by atoms with Crippen LogP contribution < -0.4 is 10.6 Å². The lowest BCUT2D eigenvalue weighted by atomic mass is 9.78. The van der Waals surface area contributed by atoms with Crippen LogP contribution in [0.1, 0.15) is 41.5 Å². The van der Waals surface area contributed by atoms with Crippen LogP contribution in [0.5, 0.6) is 0 Å². The van der Waals surface area contributed by atoms with Gasteiger partial charge in [0.05, 0.1) is 17.4 Å². The summed E-state index contributed by atoms with van der Waals surface area (Å²) in [4.78, 5) is 13.4. The smallest absolute Gasteiger partial charge is 0.163 e. The van der Waals surface area contributed by atoms with Crippen molar-refractivity contribution >= 4 is 17.2 Å². The Hall–Kier alpha value is -3.33. The van der Waals surface area contributed by atoms with Crippen molar-refractivity contribution in [2.24, 2.45) is 0 Å². The van der Waals surface area contributed by atoms with Gasteiger partial charge in [0.1, 0.15) is 0 Å². The van der Waals surface area contributed by atoms with Gasteiger partial charge in [-0.25, -0.2) is 0 Å². The first-order chi connectivity index (χ1) is 14.2. The molecule has 3 nitrogen and oxygen atoms in total. The van der Waals surface area contributed by atoms with Gasteiger partial charge in [-0.05, 0) is 42.5 Å². The van der Waals surface area contributed by atoms with Gasteiger partial charge in [-0.3, -0.25) is 4.79 Å². The fourth-order valence-electron chi connectivity index (χ4n) is 4.55. The highest BCUT2D eigenvalue weighted by molar-refractivity contribution is 6.01. The topological polar surface area (TPSA) is 41.1 Å². The zero-order valence-electron chi connectivity index (χ0n) is 16.5. The Bertz CT molecular complexity index is 1100. The molecule has 5 rings (SSSR count). The molecule has 0 fully saturated rings. The lowest BCUT2D eigenvalue weighted by Crippen LogP contribution is -2.26. The van der Waals surface area contributed by atoms with Crippen LogP contribution in [0.15, 0.2) is 90.1 Å². The Balaban J connectivity index is 1.63. The number of hydrogen-bond donors (Lipinski definition) is 2.